The van der Waals surface area contributed by atoms with E-state index in [1.54, 1.807) is 16.8 Å². The van der Waals surface area contributed by atoms with Crippen molar-refractivity contribution in [2.24, 2.45) is 0 Å². The maximum Gasteiger partial charge on any atom is 0.300 e. The number of fused-ring (bicyclic) bond motifs is 1. The summed E-state index contributed by atoms with van der Waals surface area (Å²) in [6, 6.07) is 15.1. The Morgan fingerprint density at radius 3 is 2.48 bits per heavy atom. The van der Waals surface area contributed by atoms with Gasteiger partial charge >= 0.3 is 5.56 Å². The van der Waals surface area contributed by atoms with Crippen LogP contribution in [0.4, 0.5) is 0 Å². The Bertz CT molecular complexity index is 1260. The monoisotopic (exact) mass is 404 g/mol. The summed E-state index contributed by atoms with van der Waals surface area (Å²) in [5, 5.41) is 8.37. The molecule has 4 aromatic rings. The van der Waals surface area contributed by atoms with Gasteiger partial charge in [-0.3, -0.25) is 18.6 Å². The molecule has 0 amide bonds. The number of benzene rings is 2. The summed E-state index contributed by atoms with van der Waals surface area (Å²) >= 11 is 1.29. The lowest BCUT2D eigenvalue weighted by Crippen LogP contribution is -2.20. The molecule has 2 aromatic heterocycles. The van der Waals surface area contributed by atoms with E-state index in [-0.39, 0.29) is 22.2 Å². The van der Waals surface area contributed by atoms with Crippen molar-refractivity contribution < 1.29 is 4.79 Å². The normalized spacial score (nSPS) is 12.2. The molecule has 0 bridgehead atoms. The van der Waals surface area contributed by atoms with Gasteiger partial charge in [-0.2, -0.15) is 0 Å². The van der Waals surface area contributed by atoms with Crippen LogP contribution in [-0.2, 0) is 0 Å². The first-order valence-corrected chi connectivity index (χ1v) is 10.1. The lowest BCUT2D eigenvalue weighted by atomic mass is 10.0. The van der Waals surface area contributed by atoms with Crippen LogP contribution in [0.5, 0.6) is 0 Å². The number of hydrogen-bond acceptors (Lipinski definition) is 5. The Labute approximate surface area is 172 Å². The summed E-state index contributed by atoms with van der Waals surface area (Å²) in [7, 11) is 0. The number of thioether (sulfide) groups is 1. The molecule has 7 heteroatoms. The number of carbonyl (C=O) groups is 1. The fourth-order valence-electron chi connectivity index (χ4n) is 3.08. The summed E-state index contributed by atoms with van der Waals surface area (Å²) in [5.74, 6) is 0.0208. The van der Waals surface area contributed by atoms with E-state index in [4.69, 9.17) is 0 Å². The van der Waals surface area contributed by atoms with Crippen molar-refractivity contribution in [3.8, 4) is 5.69 Å². The van der Waals surface area contributed by atoms with E-state index in [0.29, 0.717) is 10.7 Å². The molecule has 0 radical (unpaired) electrons. The Kier molecular flexibility index (Phi) is 5.07. The topological polar surface area (TPSA) is 69.3 Å². The van der Waals surface area contributed by atoms with Gasteiger partial charge in [-0.05, 0) is 50.1 Å². The minimum atomic E-state index is -0.360. The number of para-hydroxylation sites is 1. The first-order valence-electron chi connectivity index (χ1n) is 9.25. The average Bonchev–Trinajstić information content (AvgIpc) is 3.14. The SMILES string of the molecule is Cc1ccc(C(=O)[C@H](C)Sc2nnc3c(=O)n(-c4ccccc4)ccn23)cc1C. The highest BCUT2D eigenvalue weighted by Crippen LogP contribution is 2.25. The van der Waals surface area contributed by atoms with E-state index >= 15 is 0 Å². The van der Waals surface area contributed by atoms with Crippen LogP contribution in [0.1, 0.15) is 28.4 Å². The molecular formula is C22H20N4O2S. The molecule has 0 saturated carbocycles. The summed E-state index contributed by atoms with van der Waals surface area (Å²) in [6.07, 6.45) is 3.44. The minimum absolute atomic E-state index is 0.0208. The van der Waals surface area contributed by atoms with Crippen LogP contribution in [0.2, 0.25) is 0 Å². The Morgan fingerprint density at radius 1 is 1.00 bits per heavy atom. The predicted molar refractivity (Wildman–Crippen MR) is 114 cm³/mol. The van der Waals surface area contributed by atoms with Gasteiger partial charge < -0.3 is 0 Å². The maximum absolute atomic E-state index is 12.8. The van der Waals surface area contributed by atoms with Gasteiger partial charge in [-0.1, -0.05) is 42.1 Å². The molecule has 0 spiro atoms. The average molecular weight is 404 g/mol. The molecule has 0 aliphatic rings. The molecule has 0 saturated heterocycles. The second kappa shape index (κ2) is 7.67. The molecule has 0 aliphatic carbocycles. The molecule has 2 heterocycles. The summed E-state index contributed by atoms with van der Waals surface area (Å²) in [4.78, 5) is 25.6. The van der Waals surface area contributed by atoms with Crippen LogP contribution in [0.25, 0.3) is 11.3 Å². The van der Waals surface area contributed by atoms with Crippen LogP contribution >= 0.6 is 11.8 Å². The quantitative estimate of drug-likeness (QED) is 0.373. The van der Waals surface area contributed by atoms with Gasteiger partial charge in [0.25, 0.3) is 0 Å². The van der Waals surface area contributed by atoms with Crippen LogP contribution in [0.3, 0.4) is 0 Å². The van der Waals surface area contributed by atoms with Crippen molar-refractivity contribution in [2.75, 3.05) is 0 Å². The minimum Gasteiger partial charge on any atom is -0.293 e. The van der Waals surface area contributed by atoms with E-state index in [1.165, 1.54) is 16.3 Å². The molecular weight excluding hydrogens is 384 g/mol. The van der Waals surface area contributed by atoms with Gasteiger partial charge in [0, 0.05) is 23.6 Å². The van der Waals surface area contributed by atoms with E-state index in [0.717, 1.165) is 16.8 Å². The van der Waals surface area contributed by atoms with E-state index in [2.05, 4.69) is 10.2 Å². The Balaban J connectivity index is 1.63. The largest absolute Gasteiger partial charge is 0.300 e. The number of ketones is 1. The van der Waals surface area contributed by atoms with Gasteiger partial charge in [0.15, 0.2) is 10.9 Å². The van der Waals surface area contributed by atoms with Crippen LogP contribution in [0.15, 0.2) is 70.9 Å². The number of carbonyl (C=O) groups excluding carboxylic acids is 1. The van der Waals surface area contributed by atoms with Crippen LogP contribution in [0, 0.1) is 13.8 Å². The van der Waals surface area contributed by atoms with Crippen molar-refractivity contribution >= 4 is 23.2 Å². The van der Waals surface area contributed by atoms with E-state index in [9.17, 15) is 9.59 Å². The second-order valence-corrected chi connectivity index (χ2v) is 8.22. The first kappa shape index (κ1) is 19.1. The van der Waals surface area contributed by atoms with E-state index < -0.39 is 0 Å². The van der Waals surface area contributed by atoms with Crippen molar-refractivity contribution in [1.29, 1.82) is 0 Å². The lowest BCUT2D eigenvalue weighted by Gasteiger charge is -2.11. The Morgan fingerprint density at radius 2 is 1.76 bits per heavy atom. The fraction of sp³-hybridized carbons (Fsp3) is 0.182. The smallest absolute Gasteiger partial charge is 0.293 e. The van der Waals surface area contributed by atoms with Crippen LogP contribution < -0.4 is 5.56 Å². The summed E-state index contributed by atoms with van der Waals surface area (Å²) < 4.78 is 3.17. The van der Waals surface area contributed by atoms with E-state index in [1.807, 2.05) is 69.3 Å². The van der Waals surface area contributed by atoms with Crippen LogP contribution in [-0.4, -0.2) is 30.2 Å². The summed E-state index contributed by atoms with van der Waals surface area (Å²) in [6.45, 7) is 5.86. The zero-order valence-electron chi connectivity index (χ0n) is 16.4. The third-order valence-corrected chi connectivity index (χ3v) is 5.97. The molecule has 0 N–H and O–H groups in total. The highest BCUT2D eigenvalue weighted by atomic mass is 32.2. The predicted octanol–water partition coefficient (Wildman–Crippen LogP) is 3.86. The molecule has 146 valence electrons. The number of hydrogen-bond donors (Lipinski definition) is 0. The molecule has 2 aromatic carbocycles. The standard InChI is InChI=1S/C22H20N4O2S/c1-14-9-10-17(13-15(14)2)19(27)16(3)29-22-24-23-20-21(28)25(11-12-26(20)22)18-7-5-4-6-8-18/h4-13,16H,1-3H3/t16-/m0/s1. The third kappa shape index (κ3) is 3.61. The number of rotatable bonds is 5. The summed E-state index contributed by atoms with van der Waals surface area (Å²) in [5.41, 5.74) is 3.64. The number of aromatic nitrogens is 4. The second-order valence-electron chi connectivity index (χ2n) is 6.91. The van der Waals surface area contributed by atoms with Gasteiger partial charge in [0.1, 0.15) is 0 Å². The highest BCUT2D eigenvalue weighted by molar-refractivity contribution is 8.00. The molecule has 0 fully saturated rings. The zero-order chi connectivity index (χ0) is 20.5. The zero-order valence-corrected chi connectivity index (χ0v) is 17.2. The number of nitrogens with zero attached hydrogens (tertiary/aromatic N) is 4. The highest BCUT2D eigenvalue weighted by Gasteiger charge is 2.21. The van der Waals surface area contributed by atoms with Crippen molar-refractivity contribution in [3.05, 3.63) is 88.0 Å². The molecule has 0 unspecified atom stereocenters. The van der Waals surface area contributed by atoms with Crippen molar-refractivity contribution in [2.45, 2.75) is 31.2 Å². The third-order valence-electron chi connectivity index (χ3n) is 4.92. The molecule has 0 aliphatic heterocycles. The van der Waals surface area contributed by atoms with Gasteiger partial charge in [0.2, 0.25) is 5.65 Å². The van der Waals surface area contributed by atoms with Crippen molar-refractivity contribution in [3.63, 3.8) is 0 Å². The number of aryl methyl sites for hydroxylation is 2. The Hall–Kier alpha value is -3.19. The fourth-order valence-corrected chi connectivity index (χ4v) is 3.99. The molecule has 6 nitrogen and oxygen atoms in total. The van der Waals surface area contributed by atoms with Gasteiger partial charge in [0.05, 0.1) is 5.25 Å². The molecule has 4 rings (SSSR count). The lowest BCUT2D eigenvalue weighted by molar-refractivity contribution is 0.0994. The molecule has 1 atom stereocenters. The van der Waals surface area contributed by atoms with Gasteiger partial charge in [-0.15, -0.1) is 10.2 Å². The maximum atomic E-state index is 12.8. The first-order chi connectivity index (χ1) is 14.0. The number of Topliss-reactive ketones (excluding diaryl/α,β-unsaturated/α-hetero) is 1. The molecule has 29 heavy (non-hydrogen) atoms. The van der Waals surface area contributed by atoms with Gasteiger partial charge in [-0.25, -0.2) is 0 Å². The van der Waals surface area contributed by atoms with Crippen molar-refractivity contribution in [1.82, 2.24) is 19.2 Å².